The van der Waals surface area contributed by atoms with Crippen LogP contribution in [0, 0.1) is 0 Å². The van der Waals surface area contributed by atoms with Crippen LogP contribution < -0.4 is 15.4 Å². The van der Waals surface area contributed by atoms with E-state index in [1.165, 1.54) is 7.05 Å². The van der Waals surface area contributed by atoms with Crippen LogP contribution in [0.15, 0.2) is 29.2 Å². The number of nitrogens with two attached hydrogens (primary N) is 1. The highest BCUT2D eigenvalue weighted by molar-refractivity contribution is 7.89. The number of nitrogens with one attached hydrogen (secondary N) is 1. The molecular formula is C13H21N3O2S. The summed E-state index contributed by atoms with van der Waals surface area (Å²) in [5, 5.41) is 0. The highest BCUT2D eigenvalue weighted by atomic mass is 32.2. The zero-order valence-corrected chi connectivity index (χ0v) is 12.2. The lowest BCUT2D eigenvalue weighted by Crippen LogP contribution is -2.45. The highest BCUT2D eigenvalue weighted by Crippen LogP contribution is 2.25. The summed E-state index contributed by atoms with van der Waals surface area (Å²) < 4.78 is 25.6. The van der Waals surface area contributed by atoms with E-state index in [4.69, 9.17) is 5.73 Å². The van der Waals surface area contributed by atoms with E-state index in [0.717, 1.165) is 25.1 Å². The molecular weight excluding hydrogens is 262 g/mol. The van der Waals surface area contributed by atoms with Crippen LogP contribution in [0.25, 0.3) is 0 Å². The Morgan fingerprint density at radius 2 is 1.95 bits per heavy atom. The Balaban J connectivity index is 2.19. The Morgan fingerprint density at radius 3 is 2.47 bits per heavy atom. The van der Waals surface area contributed by atoms with Gasteiger partial charge in [0.25, 0.3) is 0 Å². The van der Waals surface area contributed by atoms with Gasteiger partial charge in [-0.2, -0.15) is 0 Å². The number of nitrogens with zero attached hydrogens (tertiary/aromatic N) is 1. The summed E-state index contributed by atoms with van der Waals surface area (Å²) >= 11 is 0. The normalized spacial score (nSPS) is 24.5. The molecule has 1 heterocycles. The van der Waals surface area contributed by atoms with E-state index >= 15 is 0 Å². The summed E-state index contributed by atoms with van der Waals surface area (Å²) in [6.45, 7) is 3.07. The van der Waals surface area contributed by atoms with E-state index in [0.29, 0.717) is 10.9 Å². The first kappa shape index (κ1) is 14.3. The summed E-state index contributed by atoms with van der Waals surface area (Å²) in [6.07, 6.45) is 1.94. The van der Waals surface area contributed by atoms with Gasteiger partial charge < -0.3 is 10.6 Å². The third-order valence-electron chi connectivity index (χ3n) is 3.66. The molecule has 2 rings (SSSR count). The summed E-state index contributed by atoms with van der Waals surface area (Å²) in [6, 6.07) is 7.66. The van der Waals surface area contributed by atoms with Crippen molar-refractivity contribution in [2.24, 2.45) is 5.73 Å². The van der Waals surface area contributed by atoms with Crippen molar-refractivity contribution in [1.29, 1.82) is 0 Å². The Bertz CT molecular complexity index is 527. The topological polar surface area (TPSA) is 75.4 Å². The van der Waals surface area contributed by atoms with Crippen LogP contribution >= 0.6 is 0 Å². The van der Waals surface area contributed by atoms with Crippen molar-refractivity contribution in [3.63, 3.8) is 0 Å². The molecule has 0 spiro atoms. The second kappa shape index (κ2) is 5.48. The summed E-state index contributed by atoms with van der Waals surface area (Å²) in [5.41, 5.74) is 7.00. The Labute approximate surface area is 114 Å². The Kier molecular flexibility index (Phi) is 4.13. The zero-order chi connectivity index (χ0) is 14.0. The molecule has 106 valence electrons. The van der Waals surface area contributed by atoms with Gasteiger partial charge in [-0.05, 0) is 51.1 Å². The predicted octanol–water partition coefficient (Wildman–Crippen LogP) is 0.911. The molecule has 1 aromatic rings. The molecule has 1 aromatic carbocycles. The van der Waals surface area contributed by atoms with Gasteiger partial charge >= 0.3 is 0 Å². The number of piperidine rings is 1. The standard InChI is InChI=1S/C13H21N3O2S/c1-10-9-11(14)7-8-16(10)12-3-5-13(6-4-12)19(17,18)15-2/h3-6,10-11,15H,7-9,14H2,1-2H3. The molecule has 0 radical (unpaired) electrons. The Morgan fingerprint density at radius 1 is 1.32 bits per heavy atom. The highest BCUT2D eigenvalue weighted by Gasteiger charge is 2.23. The van der Waals surface area contributed by atoms with Gasteiger partial charge in [0.15, 0.2) is 0 Å². The molecule has 2 atom stereocenters. The molecule has 6 heteroatoms. The number of hydrogen-bond acceptors (Lipinski definition) is 4. The first-order chi connectivity index (χ1) is 8.94. The molecule has 1 saturated heterocycles. The van der Waals surface area contributed by atoms with E-state index < -0.39 is 10.0 Å². The molecule has 0 saturated carbocycles. The fourth-order valence-electron chi connectivity index (χ4n) is 2.53. The monoisotopic (exact) mass is 283 g/mol. The van der Waals surface area contributed by atoms with Crippen LogP contribution in [0.3, 0.4) is 0 Å². The van der Waals surface area contributed by atoms with Crippen LogP contribution in [-0.4, -0.2) is 34.1 Å². The van der Waals surface area contributed by atoms with Crippen molar-refractivity contribution in [2.75, 3.05) is 18.5 Å². The van der Waals surface area contributed by atoms with Crippen LogP contribution in [0.1, 0.15) is 19.8 Å². The van der Waals surface area contributed by atoms with E-state index in [9.17, 15) is 8.42 Å². The van der Waals surface area contributed by atoms with E-state index in [1.807, 2.05) is 12.1 Å². The minimum absolute atomic E-state index is 0.273. The van der Waals surface area contributed by atoms with Crippen LogP contribution in [0.4, 0.5) is 5.69 Å². The lowest BCUT2D eigenvalue weighted by molar-refractivity contribution is 0.430. The predicted molar refractivity (Wildman–Crippen MR) is 76.7 cm³/mol. The second-order valence-electron chi connectivity index (χ2n) is 5.03. The maximum Gasteiger partial charge on any atom is 0.240 e. The Hall–Kier alpha value is -1.11. The molecule has 19 heavy (non-hydrogen) atoms. The molecule has 1 aliphatic heterocycles. The van der Waals surface area contributed by atoms with Gasteiger partial charge in [-0.25, -0.2) is 13.1 Å². The minimum atomic E-state index is -3.36. The molecule has 3 N–H and O–H groups in total. The van der Waals surface area contributed by atoms with Gasteiger partial charge in [0.05, 0.1) is 4.90 Å². The van der Waals surface area contributed by atoms with Crippen molar-refractivity contribution < 1.29 is 8.42 Å². The number of benzene rings is 1. The lowest BCUT2D eigenvalue weighted by Gasteiger charge is -2.38. The van der Waals surface area contributed by atoms with Gasteiger partial charge in [-0.3, -0.25) is 0 Å². The lowest BCUT2D eigenvalue weighted by atomic mass is 9.98. The minimum Gasteiger partial charge on any atom is -0.369 e. The molecule has 0 bridgehead atoms. The van der Waals surface area contributed by atoms with Gasteiger partial charge in [-0.1, -0.05) is 0 Å². The van der Waals surface area contributed by atoms with Gasteiger partial charge in [0, 0.05) is 24.3 Å². The number of hydrogen-bond donors (Lipinski definition) is 2. The van der Waals surface area contributed by atoms with E-state index in [1.54, 1.807) is 12.1 Å². The van der Waals surface area contributed by atoms with Crippen molar-refractivity contribution in [1.82, 2.24) is 4.72 Å². The second-order valence-corrected chi connectivity index (χ2v) is 6.91. The molecule has 0 aromatic heterocycles. The number of sulfonamides is 1. The van der Waals surface area contributed by atoms with Crippen LogP contribution in [0.2, 0.25) is 0 Å². The number of anilines is 1. The SMILES string of the molecule is CNS(=O)(=O)c1ccc(N2CCC(N)CC2C)cc1. The fourth-order valence-corrected chi connectivity index (χ4v) is 3.26. The van der Waals surface area contributed by atoms with Crippen molar-refractivity contribution >= 4 is 15.7 Å². The maximum atomic E-state index is 11.7. The third kappa shape index (κ3) is 3.08. The largest absolute Gasteiger partial charge is 0.369 e. The first-order valence-electron chi connectivity index (χ1n) is 6.50. The quantitative estimate of drug-likeness (QED) is 0.864. The van der Waals surface area contributed by atoms with E-state index in [-0.39, 0.29) is 6.04 Å². The summed E-state index contributed by atoms with van der Waals surface area (Å²) in [7, 11) is -1.94. The zero-order valence-electron chi connectivity index (χ0n) is 11.3. The molecule has 2 unspecified atom stereocenters. The van der Waals surface area contributed by atoms with Gasteiger partial charge in [-0.15, -0.1) is 0 Å². The van der Waals surface area contributed by atoms with Crippen molar-refractivity contribution in [3.8, 4) is 0 Å². The molecule has 1 fully saturated rings. The van der Waals surface area contributed by atoms with Crippen LogP contribution in [-0.2, 0) is 10.0 Å². The molecule has 0 amide bonds. The molecule has 5 nitrogen and oxygen atoms in total. The third-order valence-corrected chi connectivity index (χ3v) is 5.09. The average molecular weight is 283 g/mol. The van der Waals surface area contributed by atoms with Crippen molar-refractivity contribution in [2.45, 2.75) is 36.7 Å². The summed E-state index contributed by atoms with van der Waals surface area (Å²) in [5.74, 6) is 0. The number of rotatable bonds is 3. The van der Waals surface area contributed by atoms with E-state index in [2.05, 4.69) is 16.5 Å². The van der Waals surface area contributed by atoms with Crippen molar-refractivity contribution in [3.05, 3.63) is 24.3 Å². The maximum absolute atomic E-state index is 11.7. The fraction of sp³-hybridized carbons (Fsp3) is 0.538. The summed E-state index contributed by atoms with van der Waals surface area (Å²) in [4.78, 5) is 2.57. The van der Waals surface area contributed by atoms with Gasteiger partial charge in [0.2, 0.25) is 10.0 Å². The molecule has 1 aliphatic rings. The van der Waals surface area contributed by atoms with Crippen LogP contribution in [0.5, 0.6) is 0 Å². The average Bonchev–Trinajstić information content (AvgIpc) is 2.39. The first-order valence-corrected chi connectivity index (χ1v) is 7.98. The molecule has 0 aliphatic carbocycles. The smallest absolute Gasteiger partial charge is 0.240 e. The van der Waals surface area contributed by atoms with Gasteiger partial charge in [0.1, 0.15) is 0 Å².